The van der Waals surface area contributed by atoms with Gasteiger partial charge < -0.3 is 9.88 Å². The van der Waals surface area contributed by atoms with Crippen LogP contribution < -0.4 is 5.32 Å². The molecule has 4 rings (SSSR count). The molecule has 33 heavy (non-hydrogen) atoms. The van der Waals surface area contributed by atoms with Crippen molar-refractivity contribution >= 4 is 45.7 Å². The summed E-state index contributed by atoms with van der Waals surface area (Å²) in [5.74, 6) is -0.414. The van der Waals surface area contributed by atoms with E-state index in [0.717, 1.165) is 27.6 Å². The van der Waals surface area contributed by atoms with Crippen molar-refractivity contribution < 1.29 is 4.79 Å². The number of benzene rings is 3. The van der Waals surface area contributed by atoms with Gasteiger partial charge in [0.05, 0.1) is 10.0 Å². The highest BCUT2D eigenvalue weighted by Crippen LogP contribution is 2.26. The zero-order valence-electron chi connectivity index (χ0n) is 18.0. The van der Waals surface area contributed by atoms with Gasteiger partial charge in [-0.1, -0.05) is 65.7 Å². The predicted molar refractivity (Wildman–Crippen MR) is 135 cm³/mol. The van der Waals surface area contributed by atoms with E-state index in [2.05, 4.69) is 22.1 Å². The van der Waals surface area contributed by atoms with Gasteiger partial charge in [0, 0.05) is 29.3 Å². The lowest BCUT2D eigenvalue weighted by atomic mass is 10.1. The number of anilines is 1. The molecule has 164 valence electrons. The summed E-state index contributed by atoms with van der Waals surface area (Å²) in [6.45, 7) is 2.57. The first-order valence-corrected chi connectivity index (χ1v) is 11.2. The SMILES string of the molecule is Cc1cccc(NC(=O)/C(C#N)=C/Cc2cn(Cc3ccc(Cl)c(Cl)c3)c3ccccc23)c1. The molecule has 4 nitrogen and oxygen atoms in total. The van der Waals surface area contributed by atoms with E-state index >= 15 is 0 Å². The molecule has 0 bridgehead atoms. The third kappa shape index (κ3) is 5.28. The Labute approximate surface area is 202 Å². The first kappa shape index (κ1) is 22.7. The zero-order chi connectivity index (χ0) is 23.4. The Hall–Kier alpha value is -3.52. The number of aromatic nitrogens is 1. The first-order chi connectivity index (χ1) is 15.9. The lowest BCUT2D eigenvalue weighted by Gasteiger charge is -2.07. The van der Waals surface area contributed by atoms with Crippen molar-refractivity contribution in [2.75, 3.05) is 5.32 Å². The van der Waals surface area contributed by atoms with Gasteiger partial charge in [-0.15, -0.1) is 0 Å². The summed E-state index contributed by atoms with van der Waals surface area (Å²) in [5.41, 5.74) is 4.90. The lowest BCUT2D eigenvalue weighted by molar-refractivity contribution is -0.112. The summed E-state index contributed by atoms with van der Waals surface area (Å²) in [5, 5.41) is 14.5. The van der Waals surface area contributed by atoms with E-state index in [1.165, 1.54) is 0 Å². The average molecular weight is 474 g/mol. The molecule has 1 heterocycles. The Morgan fingerprint density at radius 3 is 2.64 bits per heavy atom. The Morgan fingerprint density at radius 1 is 1.06 bits per heavy atom. The Balaban J connectivity index is 1.58. The van der Waals surface area contributed by atoms with Gasteiger partial charge in [-0.25, -0.2) is 0 Å². The molecular formula is C27H21Cl2N3O. The molecule has 0 atom stereocenters. The number of carbonyl (C=O) groups is 1. The van der Waals surface area contributed by atoms with Crippen LogP contribution in [0.2, 0.25) is 10.0 Å². The van der Waals surface area contributed by atoms with Crippen LogP contribution in [0.5, 0.6) is 0 Å². The van der Waals surface area contributed by atoms with E-state index in [1.807, 2.05) is 61.5 Å². The van der Waals surface area contributed by atoms with Crippen LogP contribution in [-0.2, 0) is 17.8 Å². The molecule has 0 aliphatic heterocycles. The molecule has 0 unspecified atom stereocenters. The van der Waals surface area contributed by atoms with Crippen LogP contribution in [0.15, 0.2) is 84.6 Å². The number of rotatable bonds is 6. The van der Waals surface area contributed by atoms with E-state index in [0.29, 0.717) is 28.7 Å². The van der Waals surface area contributed by atoms with Crippen LogP contribution in [0.25, 0.3) is 10.9 Å². The van der Waals surface area contributed by atoms with E-state index in [4.69, 9.17) is 23.2 Å². The number of nitrogens with zero attached hydrogens (tertiary/aromatic N) is 2. The van der Waals surface area contributed by atoms with Gasteiger partial charge in [0.15, 0.2) is 0 Å². The second kappa shape index (κ2) is 9.95. The Kier molecular flexibility index (Phi) is 6.84. The highest BCUT2D eigenvalue weighted by Gasteiger charge is 2.12. The van der Waals surface area contributed by atoms with Crippen LogP contribution in [0.3, 0.4) is 0 Å². The molecule has 0 saturated carbocycles. The fourth-order valence-electron chi connectivity index (χ4n) is 3.77. The molecule has 0 fully saturated rings. The molecule has 0 saturated heterocycles. The number of fused-ring (bicyclic) bond motifs is 1. The topological polar surface area (TPSA) is 57.8 Å². The van der Waals surface area contributed by atoms with Gasteiger partial charge in [-0.05, 0) is 60.4 Å². The number of nitrogens with one attached hydrogen (secondary N) is 1. The molecule has 0 spiro atoms. The summed E-state index contributed by atoms with van der Waals surface area (Å²) in [7, 11) is 0. The third-order valence-corrected chi connectivity index (χ3v) is 6.11. The molecule has 3 aromatic carbocycles. The van der Waals surface area contributed by atoms with Gasteiger partial charge in [0.1, 0.15) is 11.6 Å². The highest BCUT2D eigenvalue weighted by molar-refractivity contribution is 6.42. The lowest BCUT2D eigenvalue weighted by Crippen LogP contribution is -2.13. The zero-order valence-corrected chi connectivity index (χ0v) is 19.5. The number of nitriles is 1. The molecule has 0 aliphatic rings. The van der Waals surface area contributed by atoms with Crippen LogP contribution in [0.4, 0.5) is 5.69 Å². The fraction of sp³-hybridized carbons (Fsp3) is 0.111. The number of aryl methyl sites for hydroxylation is 1. The summed E-state index contributed by atoms with van der Waals surface area (Å²) in [4.78, 5) is 12.6. The Bertz CT molecular complexity index is 1410. The molecule has 1 amide bonds. The van der Waals surface area contributed by atoms with Crippen molar-refractivity contribution in [3.05, 3.63) is 111 Å². The highest BCUT2D eigenvalue weighted by atomic mass is 35.5. The average Bonchev–Trinajstić information content (AvgIpc) is 3.14. The number of hydrogen-bond donors (Lipinski definition) is 1. The van der Waals surface area contributed by atoms with Gasteiger partial charge in [-0.3, -0.25) is 4.79 Å². The van der Waals surface area contributed by atoms with Gasteiger partial charge in [0.2, 0.25) is 0 Å². The molecule has 1 aromatic heterocycles. The van der Waals surface area contributed by atoms with E-state index in [1.54, 1.807) is 18.2 Å². The van der Waals surface area contributed by atoms with Crippen molar-refractivity contribution in [1.29, 1.82) is 5.26 Å². The minimum Gasteiger partial charge on any atom is -0.343 e. The molecule has 6 heteroatoms. The second-order valence-electron chi connectivity index (χ2n) is 7.81. The van der Waals surface area contributed by atoms with Gasteiger partial charge >= 0.3 is 0 Å². The monoisotopic (exact) mass is 473 g/mol. The largest absolute Gasteiger partial charge is 0.343 e. The standard InChI is InChI=1S/C27H21Cl2N3O/c1-18-5-4-6-22(13-18)31-27(33)20(15-30)10-11-21-17-32(26-8-3-2-7-23(21)26)16-19-9-12-24(28)25(29)14-19/h2-10,12-14,17H,11,16H2,1H3,(H,31,33)/b20-10+. The van der Waals surface area contributed by atoms with Gasteiger partial charge in [0.25, 0.3) is 5.91 Å². The van der Waals surface area contributed by atoms with Crippen LogP contribution in [0, 0.1) is 18.3 Å². The smallest absolute Gasteiger partial charge is 0.265 e. The molecule has 4 aromatic rings. The van der Waals surface area contributed by atoms with Crippen LogP contribution in [0.1, 0.15) is 16.7 Å². The van der Waals surface area contributed by atoms with E-state index < -0.39 is 5.91 Å². The number of halogens is 2. The quantitative estimate of drug-likeness (QED) is 0.243. The van der Waals surface area contributed by atoms with Crippen molar-refractivity contribution in [2.45, 2.75) is 19.9 Å². The van der Waals surface area contributed by atoms with Crippen molar-refractivity contribution in [3.8, 4) is 6.07 Å². The maximum atomic E-state index is 12.6. The second-order valence-corrected chi connectivity index (χ2v) is 8.62. The number of allylic oxidation sites excluding steroid dienone is 1. The molecular weight excluding hydrogens is 453 g/mol. The molecule has 0 radical (unpaired) electrons. The van der Waals surface area contributed by atoms with Crippen molar-refractivity contribution in [3.63, 3.8) is 0 Å². The minimum atomic E-state index is -0.414. The van der Waals surface area contributed by atoms with E-state index in [-0.39, 0.29) is 5.57 Å². The summed E-state index contributed by atoms with van der Waals surface area (Å²) < 4.78 is 2.14. The third-order valence-electron chi connectivity index (χ3n) is 5.38. The first-order valence-electron chi connectivity index (χ1n) is 10.4. The van der Waals surface area contributed by atoms with Crippen LogP contribution >= 0.6 is 23.2 Å². The number of hydrogen-bond acceptors (Lipinski definition) is 2. The molecule has 1 N–H and O–H groups in total. The number of amides is 1. The predicted octanol–water partition coefficient (Wildman–Crippen LogP) is 6.94. The fourth-order valence-corrected chi connectivity index (χ4v) is 4.09. The minimum absolute atomic E-state index is 0.0813. The summed E-state index contributed by atoms with van der Waals surface area (Å²) in [6.07, 6.45) is 4.19. The van der Waals surface area contributed by atoms with Crippen LogP contribution in [-0.4, -0.2) is 10.5 Å². The van der Waals surface area contributed by atoms with Crippen molar-refractivity contribution in [2.24, 2.45) is 0 Å². The van der Waals surface area contributed by atoms with E-state index in [9.17, 15) is 10.1 Å². The number of para-hydroxylation sites is 1. The molecule has 0 aliphatic carbocycles. The van der Waals surface area contributed by atoms with Crippen molar-refractivity contribution in [1.82, 2.24) is 4.57 Å². The number of carbonyl (C=O) groups excluding carboxylic acids is 1. The maximum Gasteiger partial charge on any atom is 0.265 e. The maximum absolute atomic E-state index is 12.6. The van der Waals surface area contributed by atoms with Gasteiger partial charge in [-0.2, -0.15) is 5.26 Å². The normalized spacial score (nSPS) is 11.4. The summed E-state index contributed by atoms with van der Waals surface area (Å²) in [6, 6.07) is 23.2. The Morgan fingerprint density at radius 2 is 1.88 bits per heavy atom. The summed E-state index contributed by atoms with van der Waals surface area (Å²) >= 11 is 12.2.